The van der Waals surface area contributed by atoms with E-state index in [9.17, 15) is 8.42 Å². The molecule has 0 saturated heterocycles. The Balaban J connectivity index is 1.98. The molecule has 0 amide bonds. The number of sulfonamides is 1. The predicted molar refractivity (Wildman–Crippen MR) is 105 cm³/mol. The maximum absolute atomic E-state index is 13.1. The molecule has 3 aromatic rings. The van der Waals surface area contributed by atoms with Gasteiger partial charge in [-0.2, -0.15) is 0 Å². The van der Waals surface area contributed by atoms with Gasteiger partial charge in [0.1, 0.15) is 5.75 Å². The van der Waals surface area contributed by atoms with E-state index in [1.54, 1.807) is 12.1 Å². The summed E-state index contributed by atoms with van der Waals surface area (Å²) < 4.78 is 32.6. The largest absolute Gasteiger partial charge is 0.497 e. The molecule has 0 unspecified atom stereocenters. The van der Waals surface area contributed by atoms with Crippen LogP contribution < -0.4 is 4.74 Å². The van der Waals surface area contributed by atoms with Gasteiger partial charge in [-0.25, -0.2) is 12.7 Å². The van der Waals surface area contributed by atoms with Crippen LogP contribution in [-0.2, 0) is 16.6 Å². The summed E-state index contributed by atoms with van der Waals surface area (Å²) in [6.07, 6.45) is 0. The number of ether oxygens (including phenoxy) is 1. The first-order chi connectivity index (χ1) is 13.1. The van der Waals surface area contributed by atoms with Gasteiger partial charge in [-0.05, 0) is 47.9 Å². The normalized spacial score (nSPS) is 10.6. The van der Waals surface area contributed by atoms with Gasteiger partial charge in [0.05, 0.1) is 18.6 Å². The predicted octanol–water partition coefficient (Wildman–Crippen LogP) is 3.90. The Morgan fingerprint density at radius 3 is 2.04 bits per heavy atom. The molecule has 27 heavy (non-hydrogen) atoms. The molecule has 5 heteroatoms. The molecule has 0 radical (unpaired) electrons. The number of nitrogens with zero attached hydrogens (tertiary/aromatic N) is 1. The van der Waals surface area contributed by atoms with Gasteiger partial charge in [0.25, 0.3) is 10.0 Å². The van der Waals surface area contributed by atoms with Gasteiger partial charge in [-0.15, -0.1) is 0 Å². The third-order valence-electron chi connectivity index (χ3n) is 3.92. The minimum atomic E-state index is -3.79. The van der Waals surface area contributed by atoms with Crippen LogP contribution in [0.5, 0.6) is 5.75 Å². The van der Waals surface area contributed by atoms with E-state index in [4.69, 9.17) is 4.74 Å². The molecule has 3 aromatic carbocycles. The second kappa shape index (κ2) is 8.43. The molecule has 0 spiro atoms. The molecule has 3 rings (SSSR count). The van der Waals surface area contributed by atoms with Crippen LogP contribution in [-0.4, -0.2) is 19.8 Å². The second-order valence-electron chi connectivity index (χ2n) is 5.78. The fourth-order valence-corrected chi connectivity index (χ4v) is 3.68. The zero-order valence-electron chi connectivity index (χ0n) is 14.9. The standard InChI is InChI=1S/C22H19NO3S/c1-26-21-12-14-22(15-13-21)27(24,25)23(18-20-10-6-3-7-11-20)17-16-19-8-4-2-5-9-19/h2-15H,18H2,1H3. The molecule has 0 heterocycles. The van der Waals surface area contributed by atoms with Gasteiger partial charge in [0.15, 0.2) is 0 Å². The summed E-state index contributed by atoms with van der Waals surface area (Å²) in [4.78, 5) is 0.168. The van der Waals surface area contributed by atoms with E-state index in [2.05, 4.69) is 12.0 Å². The van der Waals surface area contributed by atoms with Crippen LogP contribution >= 0.6 is 0 Å². The fraction of sp³-hybridized carbons (Fsp3) is 0.0909. The molecule has 0 aliphatic rings. The smallest absolute Gasteiger partial charge is 0.271 e. The van der Waals surface area contributed by atoms with Crippen molar-refractivity contribution in [3.8, 4) is 17.7 Å². The van der Waals surface area contributed by atoms with E-state index in [-0.39, 0.29) is 11.4 Å². The lowest BCUT2D eigenvalue weighted by atomic mass is 10.2. The van der Waals surface area contributed by atoms with Crippen LogP contribution in [0.25, 0.3) is 0 Å². The van der Waals surface area contributed by atoms with E-state index in [1.165, 1.54) is 23.5 Å². The second-order valence-corrected chi connectivity index (χ2v) is 7.64. The number of benzene rings is 3. The number of hydrogen-bond donors (Lipinski definition) is 0. The first-order valence-corrected chi connectivity index (χ1v) is 9.81. The highest BCUT2D eigenvalue weighted by molar-refractivity contribution is 7.89. The molecular weight excluding hydrogens is 358 g/mol. The zero-order chi connectivity index (χ0) is 19.1. The Bertz CT molecular complexity index is 1040. The fourth-order valence-electron chi connectivity index (χ4n) is 2.46. The van der Waals surface area contributed by atoms with Crippen molar-refractivity contribution >= 4 is 10.0 Å². The van der Waals surface area contributed by atoms with Gasteiger partial charge in [0, 0.05) is 11.6 Å². The van der Waals surface area contributed by atoms with Gasteiger partial charge >= 0.3 is 0 Å². The van der Waals surface area contributed by atoms with Crippen LogP contribution in [0.2, 0.25) is 0 Å². The molecule has 0 aliphatic carbocycles. The van der Waals surface area contributed by atoms with Crippen LogP contribution in [0.4, 0.5) is 0 Å². The Morgan fingerprint density at radius 2 is 1.44 bits per heavy atom. The van der Waals surface area contributed by atoms with E-state index in [0.29, 0.717) is 5.75 Å². The van der Waals surface area contributed by atoms with Crippen molar-refractivity contribution in [1.82, 2.24) is 4.31 Å². The lowest BCUT2D eigenvalue weighted by molar-refractivity contribution is 0.414. The topological polar surface area (TPSA) is 46.6 Å². The van der Waals surface area contributed by atoms with E-state index >= 15 is 0 Å². The average molecular weight is 377 g/mol. The third kappa shape index (κ3) is 4.69. The molecular formula is C22H19NO3S. The summed E-state index contributed by atoms with van der Waals surface area (Å²) in [6, 6.07) is 27.8. The lowest BCUT2D eigenvalue weighted by Crippen LogP contribution is -2.26. The molecule has 0 N–H and O–H groups in total. The SMILES string of the molecule is COc1ccc(S(=O)(=O)N(C#Cc2ccccc2)Cc2ccccc2)cc1. The molecule has 136 valence electrons. The monoisotopic (exact) mass is 377 g/mol. The van der Waals surface area contributed by atoms with Crippen molar-refractivity contribution in [2.75, 3.05) is 7.11 Å². The molecule has 4 nitrogen and oxygen atoms in total. The van der Waals surface area contributed by atoms with Crippen LogP contribution in [0.1, 0.15) is 11.1 Å². The number of rotatable bonds is 5. The summed E-state index contributed by atoms with van der Waals surface area (Å²) in [5.74, 6) is 3.53. The first-order valence-electron chi connectivity index (χ1n) is 8.37. The summed E-state index contributed by atoms with van der Waals surface area (Å²) in [6.45, 7) is 0.162. The van der Waals surface area contributed by atoms with Crippen molar-refractivity contribution in [2.45, 2.75) is 11.4 Å². The maximum atomic E-state index is 13.1. The van der Waals surface area contributed by atoms with Crippen molar-refractivity contribution in [2.24, 2.45) is 0 Å². The van der Waals surface area contributed by atoms with E-state index in [1.807, 2.05) is 60.7 Å². The van der Waals surface area contributed by atoms with Crippen LogP contribution in [0, 0.1) is 12.0 Å². The zero-order valence-corrected chi connectivity index (χ0v) is 15.7. The lowest BCUT2D eigenvalue weighted by Gasteiger charge is -2.18. The summed E-state index contributed by atoms with van der Waals surface area (Å²) in [7, 11) is -2.25. The van der Waals surface area contributed by atoms with Crippen molar-refractivity contribution in [3.63, 3.8) is 0 Å². The van der Waals surface area contributed by atoms with Gasteiger partial charge in [-0.3, -0.25) is 0 Å². The van der Waals surface area contributed by atoms with Crippen LogP contribution in [0.15, 0.2) is 89.8 Å². The molecule has 0 fully saturated rings. The minimum absolute atomic E-state index is 0.162. The van der Waals surface area contributed by atoms with Gasteiger partial charge in [0.2, 0.25) is 0 Å². The quantitative estimate of drug-likeness (QED) is 0.500. The minimum Gasteiger partial charge on any atom is -0.497 e. The highest BCUT2D eigenvalue weighted by Crippen LogP contribution is 2.21. The van der Waals surface area contributed by atoms with Crippen LogP contribution in [0.3, 0.4) is 0 Å². The maximum Gasteiger partial charge on any atom is 0.271 e. The summed E-state index contributed by atoms with van der Waals surface area (Å²) in [5, 5.41) is 0. The van der Waals surface area contributed by atoms with Gasteiger partial charge < -0.3 is 4.74 Å². The number of methoxy groups -OCH3 is 1. The van der Waals surface area contributed by atoms with Crippen molar-refractivity contribution in [3.05, 3.63) is 96.1 Å². The third-order valence-corrected chi connectivity index (χ3v) is 5.58. The Kier molecular flexibility index (Phi) is 5.80. The average Bonchev–Trinajstić information content (AvgIpc) is 2.72. The highest BCUT2D eigenvalue weighted by Gasteiger charge is 2.22. The van der Waals surface area contributed by atoms with Crippen molar-refractivity contribution < 1.29 is 13.2 Å². The summed E-state index contributed by atoms with van der Waals surface area (Å²) in [5.41, 5.74) is 1.61. The Hall–Kier alpha value is -3.23. The molecule has 0 bridgehead atoms. The molecule has 0 saturated carbocycles. The Labute approximate surface area is 160 Å². The summed E-state index contributed by atoms with van der Waals surface area (Å²) >= 11 is 0. The first kappa shape index (κ1) is 18.6. The molecule has 0 aliphatic heterocycles. The molecule has 0 aromatic heterocycles. The molecule has 0 atom stereocenters. The Morgan fingerprint density at radius 1 is 0.852 bits per heavy atom. The van der Waals surface area contributed by atoms with E-state index in [0.717, 1.165) is 11.1 Å². The van der Waals surface area contributed by atoms with E-state index < -0.39 is 10.0 Å². The number of hydrogen-bond acceptors (Lipinski definition) is 3. The highest BCUT2D eigenvalue weighted by atomic mass is 32.2. The van der Waals surface area contributed by atoms with Crippen molar-refractivity contribution in [1.29, 1.82) is 0 Å². The van der Waals surface area contributed by atoms with Gasteiger partial charge in [-0.1, -0.05) is 48.5 Å².